The van der Waals surface area contributed by atoms with Gasteiger partial charge in [-0.1, -0.05) is 23.5 Å². The van der Waals surface area contributed by atoms with E-state index in [4.69, 9.17) is 0 Å². The summed E-state index contributed by atoms with van der Waals surface area (Å²) in [5.74, 6) is 0. The zero-order valence-electron chi connectivity index (χ0n) is 10.8. The molecule has 0 saturated carbocycles. The first-order valence-corrected chi connectivity index (χ1v) is 7.89. The largest absolute Gasteiger partial charge is 0.315 e. The van der Waals surface area contributed by atoms with Crippen LogP contribution in [0.4, 0.5) is 5.69 Å². The average molecular weight is 298 g/mol. The van der Waals surface area contributed by atoms with Crippen molar-refractivity contribution in [3.8, 4) is 0 Å². The predicted molar refractivity (Wildman–Crippen MR) is 76.4 cm³/mol. The van der Waals surface area contributed by atoms with Crippen LogP contribution in [0.25, 0.3) is 0 Å². The van der Waals surface area contributed by atoms with Crippen molar-refractivity contribution in [1.29, 1.82) is 0 Å². The molecule has 2 rings (SSSR count). The number of anilines is 1. The fourth-order valence-corrected chi connectivity index (χ4v) is 4.11. The molecule has 102 valence electrons. The van der Waals surface area contributed by atoms with Crippen LogP contribution in [0.5, 0.6) is 0 Å². The van der Waals surface area contributed by atoms with Crippen LogP contribution in [-0.4, -0.2) is 13.4 Å². The van der Waals surface area contributed by atoms with Gasteiger partial charge in [0.15, 0.2) is 4.21 Å². The lowest BCUT2D eigenvalue weighted by molar-refractivity contribution is 0.602. The molecule has 0 spiro atoms. The maximum Gasteiger partial charge on any atom is 0.306 e. The molecule has 0 amide bonds. The van der Waals surface area contributed by atoms with E-state index in [1.807, 2.05) is 26.0 Å². The maximum atomic E-state index is 12.2. The van der Waals surface area contributed by atoms with Gasteiger partial charge in [-0.3, -0.25) is 9.52 Å². The van der Waals surface area contributed by atoms with E-state index in [-0.39, 0.29) is 9.08 Å². The summed E-state index contributed by atoms with van der Waals surface area (Å²) in [6.07, 6.45) is 0. The zero-order valence-corrected chi connectivity index (χ0v) is 12.4. The predicted octanol–water partition coefficient (Wildman–Crippen LogP) is 2.16. The van der Waals surface area contributed by atoms with Crippen molar-refractivity contribution >= 4 is 27.0 Å². The van der Waals surface area contributed by atoms with Crippen molar-refractivity contribution in [2.75, 3.05) is 4.72 Å². The molecule has 0 fully saturated rings. The first kappa shape index (κ1) is 13.8. The summed E-state index contributed by atoms with van der Waals surface area (Å²) in [5, 5.41) is 0. The number of H-pyrrole nitrogens is 1. The lowest BCUT2D eigenvalue weighted by Crippen LogP contribution is -2.13. The van der Waals surface area contributed by atoms with Gasteiger partial charge in [0.2, 0.25) is 0 Å². The molecule has 19 heavy (non-hydrogen) atoms. The molecule has 1 heterocycles. The third-order valence-electron chi connectivity index (χ3n) is 2.66. The van der Waals surface area contributed by atoms with Gasteiger partial charge in [-0.25, -0.2) is 8.42 Å². The van der Waals surface area contributed by atoms with Crippen LogP contribution in [-0.2, 0) is 10.0 Å². The number of nitrogens with one attached hydrogen (secondary N) is 2. The Labute approximate surface area is 115 Å². The summed E-state index contributed by atoms with van der Waals surface area (Å²) in [4.78, 5) is 13.3. The Morgan fingerprint density at radius 2 is 1.89 bits per heavy atom. The van der Waals surface area contributed by atoms with E-state index in [0.29, 0.717) is 22.7 Å². The minimum Gasteiger partial charge on any atom is -0.315 e. The molecule has 2 N–H and O–H groups in total. The Kier molecular flexibility index (Phi) is 3.51. The Morgan fingerprint density at radius 3 is 2.47 bits per heavy atom. The highest BCUT2D eigenvalue weighted by atomic mass is 32.2. The molecule has 1 aromatic carbocycles. The van der Waals surface area contributed by atoms with Gasteiger partial charge >= 0.3 is 4.87 Å². The van der Waals surface area contributed by atoms with E-state index in [1.165, 1.54) is 0 Å². The second-order valence-electron chi connectivity index (χ2n) is 4.35. The van der Waals surface area contributed by atoms with Crippen LogP contribution in [0, 0.1) is 20.8 Å². The zero-order chi connectivity index (χ0) is 14.2. The minimum atomic E-state index is -3.73. The van der Waals surface area contributed by atoms with Crippen molar-refractivity contribution in [1.82, 2.24) is 4.98 Å². The van der Waals surface area contributed by atoms with Gasteiger partial charge in [0.25, 0.3) is 10.0 Å². The van der Waals surface area contributed by atoms with E-state index >= 15 is 0 Å². The number of aryl methyl sites for hydroxylation is 3. The number of sulfonamides is 1. The summed E-state index contributed by atoms with van der Waals surface area (Å²) in [5.41, 5.74) is 2.67. The minimum absolute atomic E-state index is 0.0263. The average Bonchev–Trinajstić information content (AvgIpc) is 2.63. The number of hydrogen-bond donors (Lipinski definition) is 2. The van der Waals surface area contributed by atoms with E-state index in [1.54, 1.807) is 13.0 Å². The molecular formula is C12H14N2O3S2. The van der Waals surface area contributed by atoms with Gasteiger partial charge in [-0.2, -0.15) is 0 Å². The number of benzene rings is 1. The Balaban J connectivity index is 2.45. The molecule has 0 radical (unpaired) electrons. The van der Waals surface area contributed by atoms with Crippen molar-refractivity contribution in [2.24, 2.45) is 0 Å². The van der Waals surface area contributed by atoms with Gasteiger partial charge in [-0.05, 0) is 38.0 Å². The molecule has 0 bridgehead atoms. The van der Waals surface area contributed by atoms with E-state index in [2.05, 4.69) is 9.71 Å². The quantitative estimate of drug-likeness (QED) is 0.911. The second kappa shape index (κ2) is 4.82. The van der Waals surface area contributed by atoms with Crippen molar-refractivity contribution in [3.05, 3.63) is 44.7 Å². The molecule has 0 saturated heterocycles. The summed E-state index contributed by atoms with van der Waals surface area (Å²) in [7, 11) is -3.73. The lowest BCUT2D eigenvalue weighted by Gasteiger charge is -2.10. The van der Waals surface area contributed by atoms with Crippen molar-refractivity contribution in [3.63, 3.8) is 0 Å². The second-order valence-corrected chi connectivity index (χ2v) is 7.21. The van der Waals surface area contributed by atoms with Gasteiger partial charge in [-0.15, -0.1) is 0 Å². The van der Waals surface area contributed by atoms with Gasteiger partial charge in [0, 0.05) is 5.69 Å². The molecule has 5 nitrogen and oxygen atoms in total. The first-order valence-electron chi connectivity index (χ1n) is 5.59. The molecule has 0 aliphatic carbocycles. The standard InChI is InChI=1S/C12H14N2O3S2/c1-7-4-5-8(2)10(6-7)14-19(16,17)11-9(3)13-12(15)18-11/h4-6,14H,1-3H3,(H,13,15). The highest BCUT2D eigenvalue weighted by Crippen LogP contribution is 2.23. The maximum absolute atomic E-state index is 12.2. The molecule has 2 aromatic rings. The Morgan fingerprint density at radius 1 is 1.21 bits per heavy atom. The van der Waals surface area contributed by atoms with Crippen LogP contribution >= 0.6 is 11.3 Å². The summed E-state index contributed by atoms with van der Waals surface area (Å²) < 4.78 is 27.0. The van der Waals surface area contributed by atoms with Crippen LogP contribution in [0.2, 0.25) is 0 Å². The molecule has 0 aliphatic heterocycles. The highest BCUT2D eigenvalue weighted by Gasteiger charge is 2.21. The Bertz CT molecular complexity index is 773. The summed E-state index contributed by atoms with van der Waals surface area (Å²) in [6, 6.07) is 5.52. The van der Waals surface area contributed by atoms with Crippen LogP contribution in [0.3, 0.4) is 0 Å². The third-order valence-corrected chi connectivity index (χ3v) is 5.63. The van der Waals surface area contributed by atoms with Gasteiger partial charge in [0.1, 0.15) is 0 Å². The monoisotopic (exact) mass is 298 g/mol. The Hall–Kier alpha value is -1.60. The van der Waals surface area contributed by atoms with Crippen molar-refractivity contribution < 1.29 is 8.42 Å². The number of hydrogen-bond acceptors (Lipinski definition) is 4. The molecule has 0 aliphatic rings. The smallest absolute Gasteiger partial charge is 0.306 e. The van der Waals surface area contributed by atoms with E-state index < -0.39 is 10.0 Å². The van der Waals surface area contributed by atoms with Crippen LogP contribution in [0.15, 0.2) is 27.2 Å². The molecule has 0 atom stereocenters. The number of thiazole rings is 1. The molecular weight excluding hydrogens is 284 g/mol. The van der Waals surface area contributed by atoms with Gasteiger partial charge in [0.05, 0.1) is 5.69 Å². The van der Waals surface area contributed by atoms with Crippen molar-refractivity contribution in [2.45, 2.75) is 25.0 Å². The molecule has 0 unspecified atom stereocenters. The topological polar surface area (TPSA) is 79.0 Å². The molecule has 7 heteroatoms. The van der Waals surface area contributed by atoms with E-state index in [0.717, 1.165) is 11.1 Å². The van der Waals surface area contributed by atoms with Crippen LogP contribution in [0.1, 0.15) is 16.8 Å². The summed E-state index contributed by atoms with van der Waals surface area (Å²) >= 11 is 0.689. The normalized spacial score (nSPS) is 11.5. The number of rotatable bonds is 3. The number of aromatic nitrogens is 1. The fourth-order valence-electron chi connectivity index (χ4n) is 1.68. The lowest BCUT2D eigenvalue weighted by atomic mass is 10.1. The third kappa shape index (κ3) is 2.87. The van der Waals surface area contributed by atoms with Gasteiger partial charge < -0.3 is 4.98 Å². The molecule has 1 aromatic heterocycles. The first-order chi connectivity index (χ1) is 8.79. The fraction of sp³-hybridized carbons (Fsp3) is 0.250. The highest BCUT2D eigenvalue weighted by molar-refractivity contribution is 7.94. The summed E-state index contributed by atoms with van der Waals surface area (Å²) in [6.45, 7) is 5.27. The van der Waals surface area contributed by atoms with Crippen LogP contribution < -0.4 is 9.60 Å². The van der Waals surface area contributed by atoms with E-state index in [9.17, 15) is 13.2 Å². The number of aromatic amines is 1. The SMILES string of the molecule is Cc1ccc(C)c(NS(=O)(=O)c2sc(=O)[nH]c2C)c1.